The van der Waals surface area contributed by atoms with Gasteiger partial charge in [-0.15, -0.1) is 0 Å². The van der Waals surface area contributed by atoms with Crippen LogP contribution in [0.4, 0.5) is 0 Å². The molecule has 0 heterocycles. The normalized spacial score (nSPS) is 33.7. The second kappa shape index (κ2) is 4.30. The minimum absolute atomic E-state index is 0.0988. The zero-order chi connectivity index (χ0) is 9.97. The molecule has 3 nitrogen and oxygen atoms in total. The fourth-order valence-corrected chi connectivity index (χ4v) is 2.40. The van der Waals surface area contributed by atoms with Crippen LogP contribution in [0.25, 0.3) is 0 Å². The maximum absolute atomic E-state index is 10.6. The summed E-state index contributed by atoms with van der Waals surface area (Å²) in [5.74, 6) is -0.727. The van der Waals surface area contributed by atoms with Crippen molar-refractivity contribution < 1.29 is 9.90 Å². The molecule has 2 saturated carbocycles. The molecule has 0 radical (unpaired) electrons. The molecule has 0 aromatic rings. The molecular formula is C11H19NO2. The summed E-state index contributed by atoms with van der Waals surface area (Å²) in [6, 6.07) is 0.863. The fraction of sp³-hybridized carbons (Fsp3) is 0.909. The topological polar surface area (TPSA) is 49.3 Å². The molecule has 0 spiro atoms. The Morgan fingerprint density at radius 1 is 1.14 bits per heavy atom. The van der Waals surface area contributed by atoms with Crippen molar-refractivity contribution in [3.05, 3.63) is 0 Å². The molecule has 0 aromatic carbocycles. The molecule has 0 aliphatic heterocycles. The lowest BCUT2D eigenvalue weighted by Crippen LogP contribution is -2.32. The Bertz CT molecular complexity index is 209. The summed E-state index contributed by atoms with van der Waals surface area (Å²) >= 11 is 0. The quantitative estimate of drug-likeness (QED) is 0.678. The molecule has 2 atom stereocenters. The van der Waals surface area contributed by atoms with Gasteiger partial charge in [-0.2, -0.15) is 0 Å². The number of aliphatic carboxylic acids is 1. The number of carbonyl (C=O) groups is 1. The van der Waals surface area contributed by atoms with E-state index in [-0.39, 0.29) is 12.0 Å². The summed E-state index contributed by atoms with van der Waals surface area (Å²) in [7, 11) is 0. The number of rotatable bonds is 3. The van der Waals surface area contributed by atoms with Crippen LogP contribution in [-0.4, -0.2) is 23.2 Å². The van der Waals surface area contributed by atoms with Gasteiger partial charge < -0.3 is 10.4 Å². The van der Waals surface area contributed by atoms with Gasteiger partial charge in [0, 0.05) is 12.1 Å². The third kappa shape index (κ3) is 2.47. The van der Waals surface area contributed by atoms with Crippen molar-refractivity contribution in [2.45, 2.75) is 57.0 Å². The van der Waals surface area contributed by atoms with Crippen molar-refractivity contribution in [2.24, 2.45) is 5.92 Å². The van der Waals surface area contributed by atoms with Crippen LogP contribution in [0.15, 0.2) is 0 Å². The van der Waals surface area contributed by atoms with Crippen LogP contribution >= 0.6 is 0 Å². The third-order valence-electron chi connectivity index (χ3n) is 3.41. The summed E-state index contributed by atoms with van der Waals surface area (Å²) in [5, 5.41) is 12.3. The monoisotopic (exact) mass is 197 g/mol. The van der Waals surface area contributed by atoms with E-state index in [1.165, 1.54) is 38.5 Å². The van der Waals surface area contributed by atoms with Crippen molar-refractivity contribution >= 4 is 5.97 Å². The lowest BCUT2D eigenvalue weighted by atomic mass is 10.1. The Labute approximate surface area is 84.9 Å². The van der Waals surface area contributed by atoms with Crippen LogP contribution in [0, 0.1) is 5.92 Å². The van der Waals surface area contributed by atoms with E-state index in [2.05, 4.69) is 5.32 Å². The summed E-state index contributed by atoms with van der Waals surface area (Å²) in [6.07, 6.45) is 8.64. The maximum atomic E-state index is 10.6. The van der Waals surface area contributed by atoms with Crippen LogP contribution < -0.4 is 5.32 Å². The first-order valence-electron chi connectivity index (χ1n) is 5.76. The van der Waals surface area contributed by atoms with Crippen LogP contribution in [0.5, 0.6) is 0 Å². The van der Waals surface area contributed by atoms with E-state index in [0.717, 1.165) is 6.42 Å². The molecule has 2 unspecified atom stereocenters. The Morgan fingerprint density at radius 2 is 1.79 bits per heavy atom. The highest BCUT2D eigenvalue weighted by molar-refractivity contribution is 5.74. The first-order chi connectivity index (χ1) is 6.77. The van der Waals surface area contributed by atoms with Crippen LogP contribution in [0.1, 0.15) is 44.9 Å². The van der Waals surface area contributed by atoms with E-state index < -0.39 is 5.97 Å². The first-order valence-corrected chi connectivity index (χ1v) is 5.76. The van der Waals surface area contributed by atoms with E-state index >= 15 is 0 Å². The summed E-state index contributed by atoms with van der Waals surface area (Å²) < 4.78 is 0. The van der Waals surface area contributed by atoms with Gasteiger partial charge in [-0.3, -0.25) is 4.79 Å². The van der Waals surface area contributed by atoms with Crippen LogP contribution in [-0.2, 0) is 4.79 Å². The molecule has 0 amide bonds. The largest absolute Gasteiger partial charge is 0.481 e. The summed E-state index contributed by atoms with van der Waals surface area (Å²) in [5.41, 5.74) is 0. The molecule has 3 heteroatoms. The molecule has 0 aromatic heterocycles. The van der Waals surface area contributed by atoms with Crippen molar-refractivity contribution in [3.63, 3.8) is 0 Å². The van der Waals surface area contributed by atoms with Gasteiger partial charge in [0.25, 0.3) is 0 Å². The lowest BCUT2D eigenvalue weighted by Gasteiger charge is -2.15. The third-order valence-corrected chi connectivity index (χ3v) is 3.41. The molecule has 2 N–H and O–H groups in total. The SMILES string of the molecule is O=C(O)C1CC1NC1CCCCCC1. The van der Waals surface area contributed by atoms with Gasteiger partial charge >= 0.3 is 5.97 Å². The van der Waals surface area contributed by atoms with E-state index in [4.69, 9.17) is 5.11 Å². The number of hydrogen-bond donors (Lipinski definition) is 2. The zero-order valence-corrected chi connectivity index (χ0v) is 8.54. The molecule has 2 aliphatic carbocycles. The van der Waals surface area contributed by atoms with E-state index in [0.29, 0.717) is 6.04 Å². The summed E-state index contributed by atoms with van der Waals surface area (Å²) in [6.45, 7) is 0. The average Bonchev–Trinajstić information content (AvgIpc) is 2.90. The minimum Gasteiger partial charge on any atom is -0.481 e. The molecule has 2 aliphatic rings. The highest BCUT2D eigenvalue weighted by Crippen LogP contribution is 2.32. The Balaban J connectivity index is 1.72. The van der Waals surface area contributed by atoms with E-state index in [9.17, 15) is 4.79 Å². The Hall–Kier alpha value is -0.570. The minimum atomic E-state index is -0.629. The molecule has 80 valence electrons. The smallest absolute Gasteiger partial charge is 0.308 e. The first kappa shape index (κ1) is 9.97. The van der Waals surface area contributed by atoms with Crippen molar-refractivity contribution in [3.8, 4) is 0 Å². The predicted molar refractivity (Wildman–Crippen MR) is 54.2 cm³/mol. The van der Waals surface area contributed by atoms with E-state index in [1.807, 2.05) is 0 Å². The number of carboxylic acids is 1. The van der Waals surface area contributed by atoms with Gasteiger partial charge in [0.1, 0.15) is 0 Å². The van der Waals surface area contributed by atoms with Crippen molar-refractivity contribution in [2.75, 3.05) is 0 Å². The number of nitrogens with one attached hydrogen (secondary N) is 1. The van der Waals surface area contributed by atoms with Crippen LogP contribution in [0.3, 0.4) is 0 Å². The lowest BCUT2D eigenvalue weighted by molar-refractivity contribution is -0.138. The number of carboxylic acid groups (broad SMARTS) is 1. The highest BCUT2D eigenvalue weighted by Gasteiger charge is 2.43. The molecule has 2 fully saturated rings. The molecule has 0 bridgehead atoms. The van der Waals surface area contributed by atoms with Crippen molar-refractivity contribution in [1.82, 2.24) is 5.32 Å². The van der Waals surface area contributed by atoms with Gasteiger partial charge in [-0.25, -0.2) is 0 Å². The van der Waals surface area contributed by atoms with Crippen LogP contribution in [0.2, 0.25) is 0 Å². The Kier molecular flexibility index (Phi) is 3.06. The zero-order valence-electron chi connectivity index (χ0n) is 8.54. The van der Waals surface area contributed by atoms with Gasteiger partial charge in [0.2, 0.25) is 0 Å². The summed E-state index contributed by atoms with van der Waals surface area (Å²) in [4.78, 5) is 10.6. The average molecular weight is 197 g/mol. The predicted octanol–water partition coefficient (Wildman–Crippen LogP) is 1.77. The highest BCUT2D eigenvalue weighted by atomic mass is 16.4. The molecular weight excluding hydrogens is 178 g/mol. The maximum Gasteiger partial charge on any atom is 0.308 e. The standard InChI is InChI=1S/C11H19NO2/c13-11(14)9-7-10(9)12-8-5-3-1-2-4-6-8/h8-10,12H,1-7H2,(H,13,14). The van der Waals surface area contributed by atoms with Gasteiger partial charge in [0.15, 0.2) is 0 Å². The molecule has 2 rings (SSSR count). The Morgan fingerprint density at radius 3 is 2.29 bits per heavy atom. The molecule has 0 saturated heterocycles. The second-order valence-corrected chi connectivity index (χ2v) is 4.64. The number of hydrogen-bond acceptors (Lipinski definition) is 2. The van der Waals surface area contributed by atoms with Gasteiger partial charge in [-0.05, 0) is 19.3 Å². The fourth-order valence-electron chi connectivity index (χ4n) is 2.40. The van der Waals surface area contributed by atoms with Crippen molar-refractivity contribution in [1.29, 1.82) is 0 Å². The van der Waals surface area contributed by atoms with Gasteiger partial charge in [0.05, 0.1) is 5.92 Å². The van der Waals surface area contributed by atoms with E-state index in [1.54, 1.807) is 0 Å². The molecule has 14 heavy (non-hydrogen) atoms. The second-order valence-electron chi connectivity index (χ2n) is 4.64. The van der Waals surface area contributed by atoms with Gasteiger partial charge in [-0.1, -0.05) is 25.7 Å².